The van der Waals surface area contributed by atoms with E-state index >= 15 is 0 Å². The minimum Gasteiger partial charge on any atom is -0.484 e. The molecule has 2 aromatic rings. The summed E-state index contributed by atoms with van der Waals surface area (Å²) in [5, 5.41) is 7.08. The summed E-state index contributed by atoms with van der Waals surface area (Å²) in [5.74, 6) is 1.21. The SMILES string of the molecule is CC(NCc1ccccc1)NC1=CC=CC(C)C1Oc1ccccc1. The molecular formula is C22H26N2O. The summed E-state index contributed by atoms with van der Waals surface area (Å²) in [7, 11) is 0. The van der Waals surface area contributed by atoms with Crippen LogP contribution in [0.25, 0.3) is 0 Å². The standard InChI is InChI=1S/C22H26N2O/c1-17-10-9-15-21(22(17)25-20-13-7-4-8-14-20)24-18(2)23-16-19-11-5-3-6-12-19/h3-15,17-18,22-24H,16H2,1-2H3. The quantitative estimate of drug-likeness (QED) is 0.743. The number of ether oxygens (including phenoxy) is 1. The van der Waals surface area contributed by atoms with Crippen LogP contribution >= 0.6 is 0 Å². The number of hydrogen-bond acceptors (Lipinski definition) is 3. The van der Waals surface area contributed by atoms with Crippen LogP contribution in [0.1, 0.15) is 19.4 Å². The van der Waals surface area contributed by atoms with E-state index in [-0.39, 0.29) is 12.3 Å². The summed E-state index contributed by atoms with van der Waals surface area (Å²) in [6.07, 6.45) is 6.53. The van der Waals surface area contributed by atoms with Crippen molar-refractivity contribution in [2.45, 2.75) is 32.7 Å². The van der Waals surface area contributed by atoms with Gasteiger partial charge in [-0.15, -0.1) is 0 Å². The first kappa shape index (κ1) is 17.3. The van der Waals surface area contributed by atoms with Gasteiger partial charge >= 0.3 is 0 Å². The Morgan fingerprint density at radius 1 is 1.00 bits per heavy atom. The molecule has 0 saturated carbocycles. The lowest BCUT2D eigenvalue weighted by Crippen LogP contribution is -2.44. The molecule has 0 fully saturated rings. The van der Waals surface area contributed by atoms with Crippen LogP contribution in [-0.4, -0.2) is 12.3 Å². The highest BCUT2D eigenvalue weighted by Crippen LogP contribution is 2.24. The van der Waals surface area contributed by atoms with Crippen molar-refractivity contribution in [1.82, 2.24) is 10.6 Å². The van der Waals surface area contributed by atoms with E-state index in [0.717, 1.165) is 18.0 Å². The number of hydrogen-bond donors (Lipinski definition) is 2. The molecule has 2 N–H and O–H groups in total. The van der Waals surface area contributed by atoms with E-state index in [4.69, 9.17) is 4.74 Å². The maximum Gasteiger partial charge on any atom is 0.144 e. The maximum absolute atomic E-state index is 6.23. The number of rotatable bonds is 7. The average molecular weight is 334 g/mol. The molecule has 0 bridgehead atoms. The largest absolute Gasteiger partial charge is 0.484 e. The van der Waals surface area contributed by atoms with Crippen LogP contribution < -0.4 is 15.4 Å². The Morgan fingerprint density at radius 2 is 1.68 bits per heavy atom. The number of allylic oxidation sites excluding steroid dienone is 2. The van der Waals surface area contributed by atoms with Gasteiger partial charge in [0.2, 0.25) is 0 Å². The average Bonchev–Trinajstić information content (AvgIpc) is 2.65. The van der Waals surface area contributed by atoms with E-state index in [2.05, 4.69) is 67.0 Å². The van der Waals surface area contributed by atoms with Crippen molar-refractivity contribution in [3.05, 3.63) is 90.2 Å². The van der Waals surface area contributed by atoms with Crippen LogP contribution in [0.3, 0.4) is 0 Å². The molecule has 1 aliphatic rings. The molecule has 1 aliphatic carbocycles. The van der Waals surface area contributed by atoms with Crippen molar-refractivity contribution < 1.29 is 4.74 Å². The fourth-order valence-electron chi connectivity index (χ4n) is 2.93. The molecule has 0 spiro atoms. The van der Waals surface area contributed by atoms with E-state index in [1.54, 1.807) is 0 Å². The third-order valence-electron chi connectivity index (χ3n) is 4.32. The first-order chi connectivity index (χ1) is 12.2. The van der Waals surface area contributed by atoms with Crippen molar-refractivity contribution in [1.29, 1.82) is 0 Å². The molecule has 3 rings (SSSR count). The van der Waals surface area contributed by atoms with E-state index in [1.807, 2.05) is 36.4 Å². The highest BCUT2D eigenvalue weighted by atomic mass is 16.5. The van der Waals surface area contributed by atoms with Gasteiger partial charge in [0.15, 0.2) is 0 Å². The lowest BCUT2D eigenvalue weighted by molar-refractivity contribution is 0.184. The number of para-hydroxylation sites is 1. The van der Waals surface area contributed by atoms with Gasteiger partial charge in [0.05, 0.1) is 11.9 Å². The smallest absolute Gasteiger partial charge is 0.144 e. The molecule has 25 heavy (non-hydrogen) atoms. The van der Waals surface area contributed by atoms with E-state index in [9.17, 15) is 0 Å². The predicted molar refractivity (Wildman–Crippen MR) is 103 cm³/mol. The van der Waals surface area contributed by atoms with Gasteiger partial charge in [-0.25, -0.2) is 0 Å². The second-order valence-corrected chi connectivity index (χ2v) is 6.45. The fourth-order valence-corrected chi connectivity index (χ4v) is 2.93. The molecule has 2 aromatic carbocycles. The van der Waals surface area contributed by atoms with Gasteiger partial charge in [-0.3, -0.25) is 5.32 Å². The summed E-state index contributed by atoms with van der Waals surface area (Å²) >= 11 is 0. The van der Waals surface area contributed by atoms with Crippen LogP contribution in [0.4, 0.5) is 0 Å². The summed E-state index contributed by atoms with van der Waals surface area (Å²) in [5.41, 5.74) is 2.38. The Morgan fingerprint density at radius 3 is 2.40 bits per heavy atom. The second kappa shape index (κ2) is 8.54. The summed E-state index contributed by atoms with van der Waals surface area (Å²) < 4.78 is 6.23. The Balaban J connectivity index is 1.60. The molecule has 130 valence electrons. The minimum atomic E-state index is -0.00613. The molecule has 0 heterocycles. The normalized spacial score (nSPS) is 20.6. The van der Waals surface area contributed by atoms with E-state index < -0.39 is 0 Å². The topological polar surface area (TPSA) is 33.3 Å². The number of nitrogens with one attached hydrogen (secondary N) is 2. The van der Waals surface area contributed by atoms with Gasteiger partial charge in [-0.1, -0.05) is 67.6 Å². The lowest BCUT2D eigenvalue weighted by atomic mass is 9.96. The Bertz CT molecular complexity index is 709. The highest BCUT2D eigenvalue weighted by molar-refractivity contribution is 5.28. The van der Waals surface area contributed by atoms with Gasteiger partial charge in [-0.2, -0.15) is 0 Å². The van der Waals surface area contributed by atoms with E-state index in [0.29, 0.717) is 5.92 Å². The molecule has 3 unspecified atom stereocenters. The lowest BCUT2D eigenvalue weighted by Gasteiger charge is -2.31. The molecule has 3 atom stereocenters. The first-order valence-electron chi connectivity index (χ1n) is 8.86. The zero-order valence-corrected chi connectivity index (χ0v) is 14.9. The van der Waals surface area contributed by atoms with Crippen molar-refractivity contribution in [2.24, 2.45) is 5.92 Å². The molecule has 0 radical (unpaired) electrons. The Labute approximate surface area is 150 Å². The molecule has 0 aromatic heterocycles. The van der Waals surface area contributed by atoms with Gasteiger partial charge in [0.1, 0.15) is 11.9 Å². The van der Waals surface area contributed by atoms with Gasteiger partial charge < -0.3 is 10.1 Å². The van der Waals surface area contributed by atoms with Crippen LogP contribution in [0.15, 0.2) is 84.6 Å². The van der Waals surface area contributed by atoms with E-state index in [1.165, 1.54) is 5.56 Å². The van der Waals surface area contributed by atoms with Crippen LogP contribution in [-0.2, 0) is 6.54 Å². The van der Waals surface area contributed by atoms with Crippen LogP contribution in [0, 0.1) is 5.92 Å². The molecule has 3 nitrogen and oxygen atoms in total. The highest BCUT2D eigenvalue weighted by Gasteiger charge is 2.25. The third-order valence-corrected chi connectivity index (χ3v) is 4.32. The van der Waals surface area contributed by atoms with Gasteiger partial charge in [-0.05, 0) is 30.7 Å². The van der Waals surface area contributed by atoms with Gasteiger partial charge in [0, 0.05) is 12.5 Å². The summed E-state index contributed by atoms with van der Waals surface area (Å²) in [6, 6.07) is 20.4. The van der Waals surface area contributed by atoms with Crippen molar-refractivity contribution in [3.8, 4) is 5.75 Å². The summed E-state index contributed by atoms with van der Waals surface area (Å²) in [4.78, 5) is 0. The molecule has 3 heteroatoms. The summed E-state index contributed by atoms with van der Waals surface area (Å²) in [6.45, 7) is 5.14. The minimum absolute atomic E-state index is 0.00613. The number of benzene rings is 2. The second-order valence-electron chi connectivity index (χ2n) is 6.45. The zero-order valence-electron chi connectivity index (χ0n) is 14.9. The molecule has 0 amide bonds. The Hall–Kier alpha value is -2.52. The monoisotopic (exact) mass is 334 g/mol. The zero-order chi connectivity index (χ0) is 17.5. The third kappa shape index (κ3) is 4.97. The van der Waals surface area contributed by atoms with Gasteiger partial charge in [0.25, 0.3) is 0 Å². The molecule has 0 aliphatic heterocycles. The van der Waals surface area contributed by atoms with Crippen molar-refractivity contribution in [2.75, 3.05) is 0 Å². The fraction of sp³-hybridized carbons (Fsp3) is 0.273. The molecule has 0 saturated heterocycles. The van der Waals surface area contributed by atoms with Crippen molar-refractivity contribution in [3.63, 3.8) is 0 Å². The predicted octanol–water partition coefficient (Wildman–Crippen LogP) is 4.25. The first-order valence-corrected chi connectivity index (χ1v) is 8.86. The Kier molecular flexibility index (Phi) is 5.91. The van der Waals surface area contributed by atoms with Crippen LogP contribution in [0.2, 0.25) is 0 Å². The van der Waals surface area contributed by atoms with Crippen molar-refractivity contribution >= 4 is 0 Å². The maximum atomic E-state index is 6.23. The van der Waals surface area contributed by atoms with Crippen LogP contribution in [0.5, 0.6) is 5.75 Å². The molecular weight excluding hydrogens is 308 g/mol.